The molecule has 2 aromatic carbocycles. The molecular formula is C24H28N4O3. The van der Waals surface area contributed by atoms with E-state index in [-0.39, 0.29) is 5.91 Å². The maximum Gasteiger partial charge on any atom is 0.257 e. The Kier molecular flexibility index (Phi) is 6.23. The number of aromatic nitrogens is 2. The lowest BCUT2D eigenvalue weighted by Crippen LogP contribution is -2.34. The van der Waals surface area contributed by atoms with Crippen molar-refractivity contribution in [2.24, 2.45) is 0 Å². The van der Waals surface area contributed by atoms with E-state index in [0.717, 1.165) is 37.3 Å². The van der Waals surface area contributed by atoms with Crippen molar-refractivity contribution in [1.82, 2.24) is 19.6 Å². The number of hydrogen-bond donors (Lipinski definition) is 0. The zero-order valence-electron chi connectivity index (χ0n) is 18.2. The molecule has 7 heteroatoms. The predicted molar refractivity (Wildman–Crippen MR) is 120 cm³/mol. The molecule has 1 aromatic heterocycles. The summed E-state index contributed by atoms with van der Waals surface area (Å²) in [4.78, 5) is 17.8. The minimum atomic E-state index is 0.00210. The Bertz CT molecular complexity index is 1050. The first kappa shape index (κ1) is 20.9. The van der Waals surface area contributed by atoms with Gasteiger partial charge in [-0.2, -0.15) is 5.10 Å². The highest BCUT2D eigenvalue weighted by Crippen LogP contribution is 2.34. The number of likely N-dealkylation sites (N-methyl/N-ethyl adjacent to an activating group) is 1. The molecule has 1 amide bonds. The number of hydrogen-bond acceptors (Lipinski definition) is 5. The molecule has 1 aliphatic heterocycles. The topological polar surface area (TPSA) is 59.8 Å². The van der Waals surface area contributed by atoms with E-state index >= 15 is 0 Å². The largest absolute Gasteiger partial charge is 0.493 e. The van der Waals surface area contributed by atoms with Crippen molar-refractivity contribution in [3.8, 4) is 28.4 Å². The molecule has 4 rings (SSSR count). The van der Waals surface area contributed by atoms with E-state index in [9.17, 15) is 4.79 Å². The molecule has 0 unspecified atom stereocenters. The van der Waals surface area contributed by atoms with Crippen molar-refractivity contribution in [2.45, 2.75) is 6.42 Å². The normalized spacial score (nSPS) is 14.9. The standard InChI is InChI=1S/C24H28N4O3/c1-26-12-7-13-27(15-14-26)24(29)20-17-28(19-8-5-4-6-9-19)25-23(20)18-10-11-21(30-2)22(16-18)31-3/h4-6,8-11,16-17H,7,12-15H2,1-3H3. The lowest BCUT2D eigenvalue weighted by molar-refractivity contribution is 0.0763. The smallest absolute Gasteiger partial charge is 0.257 e. The minimum Gasteiger partial charge on any atom is -0.493 e. The summed E-state index contributed by atoms with van der Waals surface area (Å²) in [5.74, 6) is 1.24. The van der Waals surface area contributed by atoms with Gasteiger partial charge in [-0.15, -0.1) is 0 Å². The van der Waals surface area contributed by atoms with Gasteiger partial charge in [0.15, 0.2) is 11.5 Å². The van der Waals surface area contributed by atoms with Crippen molar-refractivity contribution in [3.05, 3.63) is 60.3 Å². The molecule has 31 heavy (non-hydrogen) atoms. The average molecular weight is 421 g/mol. The van der Waals surface area contributed by atoms with E-state index in [2.05, 4.69) is 11.9 Å². The minimum absolute atomic E-state index is 0.00210. The lowest BCUT2D eigenvalue weighted by atomic mass is 10.1. The number of carbonyl (C=O) groups excluding carboxylic acids is 1. The Balaban J connectivity index is 1.78. The molecule has 2 heterocycles. The fraction of sp³-hybridized carbons (Fsp3) is 0.333. The van der Waals surface area contributed by atoms with E-state index < -0.39 is 0 Å². The number of amides is 1. The molecule has 162 valence electrons. The zero-order chi connectivity index (χ0) is 21.8. The summed E-state index contributed by atoms with van der Waals surface area (Å²) in [6.45, 7) is 3.31. The number of carbonyl (C=O) groups is 1. The van der Waals surface area contributed by atoms with Gasteiger partial charge in [0, 0.05) is 31.4 Å². The summed E-state index contributed by atoms with van der Waals surface area (Å²) in [5.41, 5.74) is 2.93. The summed E-state index contributed by atoms with van der Waals surface area (Å²) >= 11 is 0. The van der Waals surface area contributed by atoms with Crippen molar-refractivity contribution < 1.29 is 14.3 Å². The first-order chi connectivity index (χ1) is 15.1. The summed E-state index contributed by atoms with van der Waals surface area (Å²) < 4.78 is 12.6. The number of ether oxygens (including phenoxy) is 2. The van der Waals surface area contributed by atoms with Gasteiger partial charge in [0.25, 0.3) is 5.91 Å². The van der Waals surface area contributed by atoms with Crippen LogP contribution in [0.2, 0.25) is 0 Å². The van der Waals surface area contributed by atoms with Crippen molar-refractivity contribution in [1.29, 1.82) is 0 Å². The number of benzene rings is 2. The fourth-order valence-electron chi connectivity index (χ4n) is 3.86. The van der Waals surface area contributed by atoms with Gasteiger partial charge in [0.1, 0.15) is 5.69 Å². The number of nitrogens with zero attached hydrogens (tertiary/aromatic N) is 4. The second-order valence-electron chi connectivity index (χ2n) is 7.69. The van der Waals surface area contributed by atoms with Crippen LogP contribution in [0, 0.1) is 0 Å². The molecule has 0 radical (unpaired) electrons. The summed E-state index contributed by atoms with van der Waals surface area (Å²) in [6.07, 6.45) is 2.79. The molecule has 1 saturated heterocycles. The van der Waals surface area contributed by atoms with Crippen LogP contribution in [0.4, 0.5) is 0 Å². The van der Waals surface area contributed by atoms with Gasteiger partial charge in [0.2, 0.25) is 0 Å². The van der Waals surface area contributed by atoms with Crippen LogP contribution in [-0.2, 0) is 0 Å². The van der Waals surface area contributed by atoms with Crippen LogP contribution in [0.15, 0.2) is 54.7 Å². The molecule has 0 atom stereocenters. The van der Waals surface area contributed by atoms with Gasteiger partial charge in [-0.05, 0) is 50.3 Å². The highest BCUT2D eigenvalue weighted by atomic mass is 16.5. The second kappa shape index (κ2) is 9.22. The third kappa shape index (κ3) is 4.41. The van der Waals surface area contributed by atoms with E-state index in [0.29, 0.717) is 29.3 Å². The van der Waals surface area contributed by atoms with Crippen LogP contribution in [0.1, 0.15) is 16.8 Å². The van der Waals surface area contributed by atoms with Crippen LogP contribution in [0.3, 0.4) is 0 Å². The maximum absolute atomic E-state index is 13.6. The quantitative estimate of drug-likeness (QED) is 0.634. The average Bonchev–Trinajstić information content (AvgIpc) is 3.15. The zero-order valence-corrected chi connectivity index (χ0v) is 18.2. The highest BCUT2D eigenvalue weighted by molar-refractivity contribution is 6.00. The summed E-state index contributed by atoms with van der Waals surface area (Å²) in [5, 5.41) is 4.80. The fourth-order valence-corrected chi connectivity index (χ4v) is 3.86. The van der Waals surface area contributed by atoms with Gasteiger partial charge in [-0.3, -0.25) is 4.79 Å². The van der Waals surface area contributed by atoms with Crippen molar-refractivity contribution in [2.75, 3.05) is 47.4 Å². The van der Waals surface area contributed by atoms with E-state index in [1.165, 1.54) is 0 Å². The Morgan fingerprint density at radius 1 is 0.935 bits per heavy atom. The number of para-hydroxylation sites is 1. The molecular weight excluding hydrogens is 392 g/mol. The molecule has 1 aliphatic rings. The van der Waals surface area contributed by atoms with Gasteiger partial charge >= 0.3 is 0 Å². The Labute approximate surface area is 182 Å². The van der Waals surface area contributed by atoms with Crippen LogP contribution in [0.5, 0.6) is 11.5 Å². The molecule has 0 spiro atoms. The second-order valence-corrected chi connectivity index (χ2v) is 7.69. The van der Waals surface area contributed by atoms with Crippen molar-refractivity contribution in [3.63, 3.8) is 0 Å². The summed E-state index contributed by atoms with van der Waals surface area (Å²) in [7, 11) is 5.30. The maximum atomic E-state index is 13.6. The van der Waals surface area contributed by atoms with Crippen LogP contribution in [-0.4, -0.2) is 72.9 Å². The van der Waals surface area contributed by atoms with Crippen LogP contribution in [0.25, 0.3) is 16.9 Å². The van der Waals surface area contributed by atoms with Crippen LogP contribution >= 0.6 is 0 Å². The molecule has 0 N–H and O–H groups in total. The first-order valence-electron chi connectivity index (χ1n) is 10.5. The Hall–Kier alpha value is -3.32. The summed E-state index contributed by atoms with van der Waals surface area (Å²) in [6, 6.07) is 15.4. The molecule has 3 aromatic rings. The van der Waals surface area contributed by atoms with E-state index in [1.807, 2.05) is 59.6 Å². The molecule has 7 nitrogen and oxygen atoms in total. The molecule has 0 saturated carbocycles. The third-order valence-corrected chi connectivity index (χ3v) is 5.63. The van der Waals surface area contributed by atoms with Gasteiger partial charge in [0.05, 0.1) is 25.5 Å². The Morgan fingerprint density at radius 2 is 1.71 bits per heavy atom. The Morgan fingerprint density at radius 3 is 2.45 bits per heavy atom. The predicted octanol–water partition coefficient (Wildman–Crippen LogP) is 3.33. The number of methoxy groups -OCH3 is 2. The number of rotatable bonds is 5. The monoisotopic (exact) mass is 420 g/mol. The van der Waals surface area contributed by atoms with E-state index in [1.54, 1.807) is 18.9 Å². The van der Waals surface area contributed by atoms with Crippen LogP contribution < -0.4 is 9.47 Å². The lowest BCUT2D eigenvalue weighted by Gasteiger charge is -2.20. The third-order valence-electron chi connectivity index (χ3n) is 5.63. The van der Waals surface area contributed by atoms with Gasteiger partial charge < -0.3 is 19.3 Å². The van der Waals surface area contributed by atoms with Gasteiger partial charge in [-0.25, -0.2) is 4.68 Å². The SMILES string of the molecule is COc1ccc(-c2nn(-c3ccccc3)cc2C(=O)N2CCCN(C)CC2)cc1OC. The first-order valence-corrected chi connectivity index (χ1v) is 10.5. The van der Waals surface area contributed by atoms with Gasteiger partial charge in [-0.1, -0.05) is 18.2 Å². The van der Waals surface area contributed by atoms with E-state index in [4.69, 9.17) is 14.6 Å². The molecule has 0 bridgehead atoms. The molecule has 1 fully saturated rings. The van der Waals surface area contributed by atoms with Crippen molar-refractivity contribution >= 4 is 5.91 Å². The highest BCUT2D eigenvalue weighted by Gasteiger charge is 2.25. The molecule has 0 aliphatic carbocycles.